The lowest BCUT2D eigenvalue weighted by Gasteiger charge is -2.20. The quantitative estimate of drug-likeness (QED) is 0.493. The van der Waals surface area contributed by atoms with Crippen molar-refractivity contribution < 1.29 is 24.2 Å². The lowest BCUT2D eigenvalue weighted by Crippen LogP contribution is -2.47. The molecule has 0 saturated carbocycles. The summed E-state index contributed by atoms with van der Waals surface area (Å²) in [5, 5.41) is 9.54. The third-order valence-electron chi connectivity index (χ3n) is 1.65. The Balaban J connectivity index is 4.61. The highest BCUT2D eigenvalue weighted by molar-refractivity contribution is 6.03. The van der Waals surface area contributed by atoms with Gasteiger partial charge in [-0.15, -0.1) is 0 Å². The molecule has 0 rings (SSSR count). The summed E-state index contributed by atoms with van der Waals surface area (Å²) < 4.78 is 8.82. The molecular formula is C8H14O5. The number of hydrogen-bond donors (Lipinski definition) is 1. The summed E-state index contributed by atoms with van der Waals surface area (Å²) in [6.07, 6.45) is -0.0709. The molecule has 5 nitrogen and oxygen atoms in total. The molecule has 0 radical (unpaired) electrons. The molecule has 0 aliphatic heterocycles. The molecule has 13 heavy (non-hydrogen) atoms. The molecule has 0 amide bonds. The summed E-state index contributed by atoms with van der Waals surface area (Å²) in [4.78, 5) is 22.1. The molecule has 5 heteroatoms. The molecule has 1 unspecified atom stereocenters. The molecule has 1 N–H and O–H groups in total. The van der Waals surface area contributed by atoms with E-state index in [0.717, 1.165) is 7.11 Å². The van der Waals surface area contributed by atoms with Crippen molar-refractivity contribution in [3.05, 3.63) is 0 Å². The van der Waals surface area contributed by atoms with E-state index in [1.54, 1.807) is 6.92 Å². The second-order valence-corrected chi connectivity index (χ2v) is 2.43. The molecule has 0 aromatic carbocycles. The number of methoxy groups -OCH3 is 1. The second kappa shape index (κ2) is 4.81. The van der Waals surface area contributed by atoms with Gasteiger partial charge in [-0.3, -0.25) is 0 Å². The fraction of sp³-hybridized carbons (Fsp3) is 0.750. The van der Waals surface area contributed by atoms with Gasteiger partial charge in [-0.25, -0.2) is 9.59 Å². The smallest absolute Gasteiger partial charge is 0.350 e. The molecule has 1 atom stereocenters. The molecule has 0 aromatic rings. The Morgan fingerprint density at radius 1 is 1.31 bits per heavy atom. The van der Waals surface area contributed by atoms with Gasteiger partial charge in [0.15, 0.2) is 0 Å². The van der Waals surface area contributed by atoms with Crippen molar-refractivity contribution >= 4 is 11.9 Å². The number of hydrogen-bond acceptors (Lipinski definition) is 5. The maximum absolute atomic E-state index is 11.1. The fourth-order valence-corrected chi connectivity index (χ4v) is 0.791. The average molecular weight is 190 g/mol. The average Bonchev–Trinajstić information content (AvgIpc) is 2.15. The van der Waals surface area contributed by atoms with Crippen LogP contribution in [-0.2, 0) is 19.1 Å². The van der Waals surface area contributed by atoms with Crippen LogP contribution in [0.3, 0.4) is 0 Å². The SMILES string of the molecule is CCOC(=O)C(O)(CC)C(=O)OC. The Morgan fingerprint density at radius 2 is 1.85 bits per heavy atom. The highest BCUT2D eigenvalue weighted by atomic mass is 16.6. The summed E-state index contributed by atoms with van der Waals surface area (Å²) in [6, 6.07) is 0. The van der Waals surface area contributed by atoms with E-state index >= 15 is 0 Å². The van der Waals surface area contributed by atoms with Crippen molar-refractivity contribution in [2.75, 3.05) is 13.7 Å². The maximum atomic E-state index is 11.1. The largest absolute Gasteiger partial charge is 0.466 e. The van der Waals surface area contributed by atoms with Crippen LogP contribution in [0.5, 0.6) is 0 Å². The minimum atomic E-state index is -2.16. The molecule has 0 aromatic heterocycles. The van der Waals surface area contributed by atoms with Crippen LogP contribution in [0.15, 0.2) is 0 Å². The van der Waals surface area contributed by atoms with Crippen molar-refractivity contribution in [3.8, 4) is 0 Å². The Kier molecular flexibility index (Phi) is 4.40. The standard InChI is InChI=1S/C8H14O5/c1-4-8(11,6(9)12-3)7(10)13-5-2/h11H,4-5H2,1-3H3. The van der Waals surface area contributed by atoms with Gasteiger partial charge in [-0.2, -0.15) is 0 Å². The Morgan fingerprint density at radius 3 is 2.15 bits per heavy atom. The van der Waals surface area contributed by atoms with Gasteiger partial charge in [0, 0.05) is 0 Å². The van der Waals surface area contributed by atoms with Crippen molar-refractivity contribution in [3.63, 3.8) is 0 Å². The zero-order chi connectivity index (χ0) is 10.5. The lowest BCUT2D eigenvalue weighted by atomic mass is 10.0. The van der Waals surface area contributed by atoms with Gasteiger partial charge in [-0.05, 0) is 13.3 Å². The van der Waals surface area contributed by atoms with Crippen LogP contribution in [0.1, 0.15) is 20.3 Å². The van der Waals surface area contributed by atoms with Crippen molar-refractivity contribution in [2.45, 2.75) is 25.9 Å². The molecule has 0 aliphatic rings. The van der Waals surface area contributed by atoms with Crippen LogP contribution >= 0.6 is 0 Å². The predicted molar refractivity (Wildman–Crippen MR) is 43.9 cm³/mol. The Labute approximate surface area is 76.6 Å². The zero-order valence-corrected chi connectivity index (χ0v) is 7.99. The third kappa shape index (κ3) is 2.42. The van der Waals surface area contributed by atoms with E-state index in [1.807, 2.05) is 0 Å². The molecule has 0 spiro atoms. The minimum Gasteiger partial charge on any atom is -0.466 e. The van der Waals surface area contributed by atoms with Crippen molar-refractivity contribution in [2.24, 2.45) is 0 Å². The van der Waals surface area contributed by atoms with Gasteiger partial charge in [-0.1, -0.05) is 6.92 Å². The zero-order valence-electron chi connectivity index (χ0n) is 7.99. The van der Waals surface area contributed by atoms with Gasteiger partial charge in [0.05, 0.1) is 13.7 Å². The summed E-state index contributed by atoms with van der Waals surface area (Å²) in [5.74, 6) is -1.96. The highest BCUT2D eigenvalue weighted by Crippen LogP contribution is 2.14. The van der Waals surface area contributed by atoms with E-state index in [4.69, 9.17) is 0 Å². The number of esters is 2. The first-order valence-electron chi connectivity index (χ1n) is 4.00. The summed E-state index contributed by atoms with van der Waals surface area (Å²) in [7, 11) is 1.10. The number of carbonyl (C=O) groups excluding carboxylic acids is 2. The second-order valence-electron chi connectivity index (χ2n) is 2.43. The molecule has 76 valence electrons. The molecule has 0 heterocycles. The first kappa shape index (κ1) is 11.9. The summed E-state index contributed by atoms with van der Waals surface area (Å²) in [6.45, 7) is 3.19. The fourth-order valence-electron chi connectivity index (χ4n) is 0.791. The van der Waals surface area contributed by atoms with Gasteiger partial charge in [0.1, 0.15) is 0 Å². The van der Waals surface area contributed by atoms with Crippen molar-refractivity contribution in [1.82, 2.24) is 0 Å². The van der Waals surface area contributed by atoms with Crippen LogP contribution in [0, 0.1) is 0 Å². The normalized spacial score (nSPS) is 14.5. The monoisotopic (exact) mass is 190 g/mol. The number of rotatable bonds is 4. The van der Waals surface area contributed by atoms with E-state index in [9.17, 15) is 14.7 Å². The molecule has 0 saturated heterocycles. The van der Waals surface area contributed by atoms with Crippen LogP contribution in [0.25, 0.3) is 0 Å². The summed E-state index contributed by atoms with van der Waals surface area (Å²) in [5.41, 5.74) is -2.16. The van der Waals surface area contributed by atoms with E-state index in [-0.39, 0.29) is 13.0 Å². The van der Waals surface area contributed by atoms with Crippen LogP contribution < -0.4 is 0 Å². The Bertz CT molecular complexity index is 201. The van der Waals surface area contributed by atoms with Crippen LogP contribution in [0.2, 0.25) is 0 Å². The first-order chi connectivity index (χ1) is 6.02. The lowest BCUT2D eigenvalue weighted by molar-refractivity contribution is -0.182. The van der Waals surface area contributed by atoms with Gasteiger partial charge in [0.25, 0.3) is 5.60 Å². The molecule has 0 fully saturated rings. The van der Waals surface area contributed by atoms with Crippen LogP contribution in [-0.4, -0.2) is 36.4 Å². The highest BCUT2D eigenvalue weighted by Gasteiger charge is 2.45. The van der Waals surface area contributed by atoms with Gasteiger partial charge in [0.2, 0.25) is 0 Å². The number of carbonyl (C=O) groups is 2. The van der Waals surface area contributed by atoms with Gasteiger partial charge < -0.3 is 14.6 Å². The van der Waals surface area contributed by atoms with Gasteiger partial charge >= 0.3 is 11.9 Å². The van der Waals surface area contributed by atoms with E-state index in [2.05, 4.69) is 9.47 Å². The first-order valence-corrected chi connectivity index (χ1v) is 4.00. The predicted octanol–water partition coefficient (Wildman–Crippen LogP) is -0.136. The van der Waals surface area contributed by atoms with E-state index < -0.39 is 17.5 Å². The Hall–Kier alpha value is -1.10. The number of ether oxygens (including phenoxy) is 2. The minimum absolute atomic E-state index is 0.0709. The van der Waals surface area contributed by atoms with E-state index in [1.165, 1.54) is 6.92 Å². The molecule has 0 aliphatic carbocycles. The topological polar surface area (TPSA) is 72.8 Å². The van der Waals surface area contributed by atoms with Crippen molar-refractivity contribution in [1.29, 1.82) is 0 Å². The summed E-state index contributed by atoms with van der Waals surface area (Å²) >= 11 is 0. The maximum Gasteiger partial charge on any atom is 0.350 e. The number of aliphatic hydroxyl groups is 1. The van der Waals surface area contributed by atoms with Crippen LogP contribution in [0.4, 0.5) is 0 Å². The molecular weight excluding hydrogens is 176 g/mol. The molecule has 0 bridgehead atoms. The van der Waals surface area contributed by atoms with E-state index in [0.29, 0.717) is 0 Å². The third-order valence-corrected chi connectivity index (χ3v) is 1.65.